The Kier molecular flexibility index (Phi) is 16.2. The average Bonchev–Trinajstić information content (AvgIpc) is 2.09. The third-order valence-electron chi connectivity index (χ3n) is 1.98. The topological polar surface area (TPSA) is 49.3 Å². The molecule has 0 aromatic carbocycles. The number of carboxylic acids is 1. The van der Waals surface area contributed by atoms with Crippen LogP contribution in [0.5, 0.6) is 0 Å². The van der Waals surface area contributed by atoms with Crippen molar-refractivity contribution in [2.45, 2.75) is 45.4 Å². The molecule has 0 saturated carbocycles. The van der Waals surface area contributed by atoms with Gasteiger partial charge in [-0.05, 0) is 13.0 Å². The van der Waals surface area contributed by atoms with Gasteiger partial charge in [0.2, 0.25) is 0 Å². The maximum Gasteiger partial charge on any atom is 0.317 e. The Morgan fingerprint density at radius 3 is 2.29 bits per heavy atom. The summed E-state index contributed by atoms with van der Waals surface area (Å²) in [5.41, 5.74) is 0. The molecule has 0 atom stereocenters. The van der Waals surface area contributed by atoms with Gasteiger partial charge in [0, 0.05) is 29.6 Å². The van der Waals surface area contributed by atoms with E-state index < -0.39 is 5.97 Å². The van der Waals surface area contributed by atoms with Gasteiger partial charge in [-0.3, -0.25) is 4.79 Å². The van der Waals surface area contributed by atoms with Gasteiger partial charge in [-0.25, -0.2) is 0 Å². The van der Waals surface area contributed by atoms with E-state index in [0.717, 1.165) is 13.0 Å². The smallest absolute Gasteiger partial charge is 0.317 e. The van der Waals surface area contributed by atoms with Crippen LogP contribution < -0.4 is 5.32 Å². The van der Waals surface area contributed by atoms with Gasteiger partial charge in [0.05, 0.1) is 6.54 Å². The van der Waals surface area contributed by atoms with Crippen LogP contribution in [-0.2, 0) is 4.79 Å². The summed E-state index contributed by atoms with van der Waals surface area (Å²) < 4.78 is 0. The van der Waals surface area contributed by atoms with E-state index in [1.165, 1.54) is 32.1 Å². The van der Waals surface area contributed by atoms with Crippen LogP contribution in [0.25, 0.3) is 0 Å². The minimum absolute atomic E-state index is 0. The van der Waals surface area contributed by atoms with Gasteiger partial charge in [0.15, 0.2) is 0 Å². The first kappa shape index (κ1) is 16.8. The molecule has 0 aliphatic rings. The van der Waals surface area contributed by atoms with Crippen LogP contribution in [0.15, 0.2) is 0 Å². The minimum Gasteiger partial charge on any atom is -0.480 e. The van der Waals surface area contributed by atoms with E-state index in [-0.39, 0.29) is 36.1 Å². The Balaban J connectivity index is 0. The summed E-state index contributed by atoms with van der Waals surface area (Å²) in [4.78, 5) is 10.1. The van der Waals surface area contributed by atoms with Crippen molar-refractivity contribution in [2.24, 2.45) is 0 Å². The van der Waals surface area contributed by atoms with Crippen LogP contribution in [0.4, 0.5) is 0 Å². The normalized spacial score (nSPS) is 9.50. The fraction of sp³-hybridized carbons (Fsp3) is 0.900. The molecule has 0 unspecified atom stereocenters. The summed E-state index contributed by atoms with van der Waals surface area (Å²) in [6.45, 7) is 3.13. The maximum absolute atomic E-state index is 10.1. The Morgan fingerprint density at radius 1 is 1.14 bits per heavy atom. The summed E-state index contributed by atoms with van der Waals surface area (Å²) in [5.74, 6) is -0.772. The van der Waals surface area contributed by atoms with Gasteiger partial charge < -0.3 is 10.4 Å². The van der Waals surface area contributed by atoms with E-state index in [0.29, 0.717) is 0 Å². The number of nitrogens with one attached hydrogen (secondary N) is 1. The van der Waals surface area contributed by atoms with Crippen molar-refractivity contribution in [1.82, 2.24) is 5.32 Å². The molecule has 2 N–H and O–H groups in total. The number of rotatable bonds is 9. The van der Waals surface area contributed by atoms with E-state index in [1.807, 2.05) is 0 Å². The van der Waals surface area contributed by atoms with Crippen LogP contribution in [0.2, 0.25) is 0 Å². The summed E-state index contributed by atoms with van der Waals surface area (Å²) in [5, 5.41) is 11.2. The molecule has 0 aromatic rings. The zero-order valence-corrected chi connectivity index (χ0v) is 11.5. The predicted molar refractivity (Wildman–Crippen MR) is 59.6 cm³/mol. The monoisotopic (exact) mass is 210 g/mol. The first-order valence-electron chi connectivity index (χ1n) is 5.20. The van der Waals surface area contributed by atoms with Crippen LogP contribution in [-0.4, -0.2) is 53.7 Å². The molecule has 0 aliphatic carbocycles. The molecule has 0 aromatic heterocycles. The molecular formula is C10H21NNaO2. The zero-order chi connectivity index (χ0) is 9.94. The van der Waals surface area contributed by atoms with Crippen LogP contribution in [0, 0.1) is 0 Å². The minimum atomic E-state index is -0.772. The molecule has 14 heavy (non-hydrogen) atoms. The van der Waals surface area contributed by atoms with Gasteiger partial charge >= 0.3 is 5.97 Å². The third kappa shape index (κ3) is 14.9. The van der Waals surface area contributed by atoms with Crippen molar-refractivity contribution >= 4 is 35.5 Å². The van der Waals surface area contributed by atoms with Crippen molar-refractivity contribution in [2.75, 3.05) is 13.1 Å². The molecule has 0 heterocycles. The molecule has 3 nitrogen and oxygen atoms in total. The summed E-state index contributed by atoms with van der Waals surface area (Å²) in [6.07, 6.45) is 7.50. The molecule has 0 rings (SSSR count). The van der Waals surface area contributed by atoms with Gasteiger partial charge in [-0.15, -0.1) is 0 Å². The molecule has 1 radical (unpaired) electrons. The first-order chi connectivity index (χ1) is 6.27. The van der Waals surface area contributed by atoms with Gasteiger partial charge in [0.1, 0.15) is 0 Å². The fourth-order valence-corrected chi connectivity index (χ4v) is 1.23. The van der Waals surface area contributed by atoms with E-state index in [9.17, 15) is 4.79 Å². The largest absolute Gasteiger partial charge is 0.480 e. The summed E-state index contributed by atoms with van der Waals surface area (Å²) in [6, 6.07) is 0. The summed E-state index contributed by atoms with van der Waals surface area (Å²) in [7, 11) is 0. The Bertz CT molecular complexity index is 131. The Morgan fingerprint density at radius 2 is 1.71 bits per heavy atom. The van der Waals surface area contributed by atoms with Crippen LogP contribution in [0.3, 0.4) is 0 Å². The Hall–Kier alpha value is 0.430. The molecular weight excluding hydrogens is 189 g/mol. The molecule has 4 heteroatoms. The molecule has 0 saturated heterocycles. The van der Waals surface area contributed by atoms with Crippen molar-refractivity contribution in [3.05, 3.63) is 0 Å². The predicted octanol–water partition coefficient (Wildman–Crippen LogP) is 1.64. The first-order valence-corrected chi connectivity index (χ1v) is 5.20. The Labute approximate surface area is 109 Å². The zero-order valence-electron chi connectivity index (χ0n) is 9.51. The van der Waals surface area contributed by atoms with Gasteiger partial charge in [0.25, 0.3) is 0 Å². The van der Waals surface area contributed by atoms with E-state index >= 15 is 0 Å². The molecule has 0 spiro atoms. The van der Waals surface area contributed by atoms with E-state index in [2.05, 4.69) is 12.2 Å². The number of hydrogen-bond donors (Lipinski definition) is 2. The average molecular weight is 210 g/mol. The van der Waals surface area contributed by atoms with Crippen molar-refractivity contribution in [1.29, 1.82) is 0 Å². The van der Waals surface area contributed by atoms with Crippen LogP contribution >= 0.6 is 0 Å². The molecule has 0 bridgehead atoms. The van der Waals surface area contributed by atoms with Crippen LogP contribution in [0.1, 0.15) is 45.4 Å². The summed E-state index contributed by atoms with van der Waals surface area (Å²) >= 11 is 0. The van der Waals surface area contributed by atoms with E-state index in [1.54, 1.807) is 0 Å². The second-order valence-electron chi connectivity index (χ2n) is 3.34. The molecule has 0 aliphatic heterocycles. The number of unbranched alkanes of at least 4 members (excludes halogenated alkanes) is 5. The van der Waals surface area contributed by atoms with Crippen molar-refractivity contribution < 1.29 is 9.90 Å². The number of hydrogen-bond acceptors (Lipinski definition) is 2. The molecule has 0 amide bonds. The second-order valence-corrected chi connectivity index (χ2v) is 3.34. The van der Waals surface area contributed by atoms with Crippen molar-refractivity contribution in [3.8, 4) is 0 Å². The fourth-order valence-electron chi connectivity index (χ4n) is 1.23. The SMILES string of the molecule is CCCCCCCCNCC(=O)O.[Na]. The van der Waals surface area contributed by atoms with E-state index in [4.69, 9.17) is 5.11 Å². The number of carboxylic acid groups (broad SMARTS) is 1. The third-order valence-corrected chi connectivity index (χ3v) is 1.98. The molecule has 0 fully saturated rings. The number of carbonyl (C=O) groups is 1. The standard InChI is InChI=1S/C10H21NO2.Na/c1-2-3-4-5-6-7-8-11-9-10(12)13;/h11H,2-9H2,1H3,(H,12,13);. The number of aliphatic carboxylic acids is 1. The second kappa shape index (κ2) is 13.4. The van der Waals surface area contributed by atoms with Gasteiger partial charge in [-0.2, -0.15) is 0 Å². The quantitative estimate of drug-likeness (QED) is 0.449. The van der Waals surface area contributed by atoms with Crippen molar-refractivity contribution in [3.63, 3.8) is 0 Å². The maximum atomic E-state index is 10.1. The van der Waals surface area contributed by atoms with Gasteiger partial charge in [-0.1, -0.05) is 39.0 Å². The molecule has 79 valence electrons.